The summed E-state index contributed by atoms with van der Waals surface area (Å²) in [5.41, 5.74) is 8.09. The number of H-pyrrole nitrogens is 1. The molecule has 2 heterocycles. The minimum atomic E-state index is -0.416. The lowest BCUT2D eigenvalue weighted by molar-refractivity contribution is -0.127. The van der Waals surface area contributed by atoms with E-state index in [0.717, 1.165) is 36.8 Å². The number of nitrogens with zero attached hydrogens (tertiary/aromatic N) is 1. The van der Waals surface area contributed by atoms with E-state index in [1.54, 1.807) is 6.07 Å². The maximum absolute atomic E-state index is 11.6. The third kappa shape index (κ3) is 2.50. The van der Waals surface area contributed by atoms with Crippen LogP contribution in [0.25, 0.3) is 10.9 Å². The molecule has 2 aromatic rings. The Hall–Kier alpha value is -2.56. The van der Waals surface area contributed by atoms with E-state index < -0.39 is 5.91 Å². The van der Waals surface area contributed by atoms with Crippen LogP contribution in [0.15, 0.2) is 37.1 Å². The SMILES string of the molecule is C=CC(=O)N1CCC(c2c[nH]c3ccc(C(N)=O)cc23)CC1. The Morgan fingerprint density at radius 3 is 2.68 bits per heavy atom. The molecule has 5 nitrogen and oxygen atoms in total. The summed E-state index contributed by atoms with van der Waals surface area (Å²) in [4.78, 5) is 28.1. The second-order valence-electron chi connectivity index (χ2n) is 5.67. The van der Waals surface area contributed by atoms with Gasteiger partial charge in [0.25, 0.3) is 0 Å². The molecule has 3 rings (SSSR count). The van der Waals surface area contributed by atoms with Crippen molar-refractivity contribution in [2.75, 3.05) is 13.1 Å². The molecule has 3 N–H and O–H groups in total. The zero-order valence-electron chi connectivity index (χ0n) is 12.3. The maximum Gasteiger partial charge on any atom is 0.248 e. The van der Waals surface area contributed by atoms with E-state index in [9.17, 15) is 9.59 Å². The minimum Gasteiger partial charge on any atom is -0.366 e. The van der Waals surface area contributed by atoms with E-state index in [-0.39, 0.29) is 5.91 Å². The van der Waals surface area contributed by atoms with Crippen molar-refractivity contribution in [1.82, 2.24) is 9.88 Å². The lowest BCUT2D eigenvalue weighted by atomic mass is 9.89. The molecule has 5 heteroatoms. The van der Waals surface area contributed by atoms with Crippen LogP contribution in [0.1, 0.15) is 34.7 Å². The fourth-order valence-corrected chi connectivity index (χ4v) is 3.17. The summed E-state index contributed by atoms with van der Waals surface area (Å²) in [5, 5.41) is 1.05. The summed E-state index contributed by atoms with van der Waals surface area (Å²) >= 11 is 0. The number of aromatic nitrogens is 1. The van der Waals surface area contributed by atoms with Gasteiger partial charge in [-0.05, 0) is 48.6 Å². The van der Waals surface area contributed by atoms with E-state index in [2.05, 4.69) is 11.6 Å². The lowest BCUT2D eigenvalue weighted by Crippen LogP contribution is -2.36. The summed E-state index contributed by atoms with van der Waals surface area (Å²) in [7, 11) is 0. The number of primary amides is 1. The highest BCUT2D eigenvalue weighted by atomic mass is 16.2. The number of fused-ring (bicyclic) bond motifs is 1. The summed E-state index contributed by atoms with van der Waals surface area (Å²) in [6.45, 7) is 5.00. The van der Waals surface area contributed by atoms with Gasteiger partial charge in [-0.1, -0.05) is 6.58 Å². The number of carbonyl (C=O) groups excluding carboxylic acids is 2. The molecule has 2 amide bonds. The van der Waals surface area contributed by atoms with Crippen LogP contribution in [0.3, 0.4) is 0 Å². The van der Waals surface area contributed by atoms with Gasteiger partial charge < -0.3 is 15.6 Å². The highest BCUT2D eigenvalue weighted by Crippen LogP contribution is 2.33. The number of nitrogens with two attached hydrogens (primary N) is 1. The largest absolute Gasteiger partial charge is 0.366 e. The fourth-order valence-electron chi connectivity index (χ4n) is 3.17. The van der Waals surface area contributed by atoms with Gasteiger partial charge in [0, 0.05) is 35.8 Å². The van der Waals surface area contributed by atoms with Crippen LogP contribution >= 0.6 is 0 Å². The van der Waals surface area contributed by atoms with Crippen molar-refractivity contribution in [2.24, 2.45) is 5.73 Å². The molecular formula is C17H19N3O2. The van der Waals surface area contributed by atoms with E-state index in [0.29, 0.717) is 11.5 Å². The topological polar surface area (TPSA) is 79.2 Å². The standard InChI is InChI=1S/C17H19N3O2/c1-2-16(21)20-7-5-11(6-8-20)14-10-19-15-4-3-12(17(18)22)9-13(14)15/h2-4,9-11,19H,1,5-8H2,(H2,18,22). The number of hydrogen-bond donors (Lipinski definition) is 2. The van der Waals surface area contributed by atoms with Gasteiger partial charge in [-0.3, -0.25) is 9.59 Å². The van der Waals surface area contributed by atoms with Gasteiger partial charge in [-0.25, -0.2) is 0 Å². The fraction of sp³-hybridized carbons (Fsp3) is 0.294. The Morgan fingerprint density at radius 2 is 2.05 bits per heavy atom. The summed E-state index contributed by atoms with van der Waals surface area (Å²) in [6.07, 6.45) is 5.19. The Bertz CT molecular complexity index is 739. The van der Waals surface area contributed by atoms with Crippen LogP contribution in [-0.4, -0.2) is 34.8 Å². The number of hydrogen-bond acceptors (Lipinski definition) is 2. The molecule has 0 spiro atoms. The van der Waals surface area contributed by atoms with Gasteiger partial charge in [-0.15, -0.1) is 0 Å². The van der Waals surface area contributed by atoms with E-state index in [4.69, 9.17) is 5.73 Å². The lowest BCUT2D eigenvalue weighted by Gasteiger charge is -2.31. The Balaban J connectivity index is 1.85. The van der Waals surface area contributed by atoms with Gasteiger partial charge in [0.1, 0.15) is 0 Å². The molecule has 22 heavy (non-hydrogen) atoms. The second kappa shape index (κ2) is 5.67. The molecule has 1 aliphatic rings. The molecule has 1 saturated heterocycles. The van der Waals surface area contributed by atoms with Crippen molar-refractivity contribution in [1.29, 1.82) is 0 Å². The zero-order valence-corrected chi connectivity index (χ0v) is 12.3. The molecule has 1 aromatic heterocycles. The first-order valence-corrected chi connectivity index (χ1v) is 7.42. The summed E-state index contributed by atoms with van der Waals surface area (Å²) in [5.74, 6) is -0.0421. The van der Waals surface area contributed by atoms with Crippen LogP contribution in [0.2, 0.25) is 0 Å². The average molecular weight is 297 g/mol. The molecule has 0 unspecified atom stereocenters. The van der Waals surface area contributed by atoms with Gasteiger partial charge in [0.05, 0.1) is 0 Å². The molecular weight excluding hydrogens is 278 g/mol. The summed E-state index contributed by atoms with van der Waals surface area (Å²) in [6, 6.07) is 5.47. The molecule has 0 saturated carbocycles. The number of nitrogens with one attached hydrogen (secondary N) is 1. The number of carbonyl (C=O) groups is 2. The normalized spacial score (nSPS) is 15.9. The number of piperidine rings is 1. The average Bonchev–Trinajstić information content (AvgIpc) is 2.97. The number of aromatic amines is 1. The predicted molar refractivity (Wildman–Crippen MR) is 85.6 cm³/mol. The van der Waals surface area contributed by atoms with Crippen molar-refractivity contribution in [2.45, 2.75) is 18.8 Å². The van der Waals surface area contributed by atoms with E-state index in [1.807, 2.05) is 23.2 Å². The van der Waals surface area contributed by atoms with Gasteiger partial charge >= 0.3 is 0 Å². The van der Waals surface area contributed by atoms with Crippen molar-refractivity contribution >= 4 is 22.7 Å². The molecule has 1 aromatic carbocycles. The molecule has 1 aliphatic heterocycles. The van der Waals surface area contributed by atoms with Gasteiger partial charge in [-0.2, -0.15) is 0 Å². The number of likely N-dealkylation sites (tertiary alicyclic amines) is 1. The zero-order chi connectivity index (χ0) is 15.7. The number of benzene rings is 1. The van der Waals surface area contributed by atoms with Crippen molar-refractivity contribution in [3.05, 3.63) is 48.2 Å². The van der Waals surface area contributed by atoms with Crippen LogP contribution in [0.4, 0.5) is 0 Å². The van der Waals surface area contributed by atoms with Crippen molar-refractivity contribution < 1.29 is 9.59 Å². The van der Waals surface area contributed by atoms with Crippen LogP contribution < -0.4 is 5.73 Å². The van der Waals surface area contributed by atoms with Crippen LogP contribution in [0, 0.1) is 0 Å². The Morgan fingerprint density at radius 1 is 1.32 bits per heavy atom. The monoisotopic (exact) mass is 297 g/mol. The molecule has 0 bridgehead atoms. The quantitative estimate of drug-likeness (QED) is 0.851. The van der Waals surface area contributed by atoms with Crippen LogP contribution in [0.5, 0.6) is 0 Å². The summed E-state index contributed by atoms with van der Waals surface area (Å²) < 4.78 is 0. The maximum atomic E-state index is 11.6. The van der Waals surface area contributed by atoms with Gasteiger partial charge in [0.2, 0.25) is 11.8 Å². The molecule has 1 fully saturated rings. The third-order valence-electron chi connectivity index (χ3n) is 4.42. The van der Waals surface area contributed by atoms with Crippen LogP contribution in [-0.2, 0) is 4.79 Å². The molecule has 0 radical (unpaired) electrons. The first-order valence-electron chi connectivity index (χ1n) is 7.42. The Labute approximate surface area is 128 Å². The van der Waals surface area contributed by atoms with E-state index >= 15 is 0 Å². The number of amides is 2. The molecule has 114 valence electrons. The smallest absolute Gasteiger partial charge is 0.248 e. The molecule has 0 aliphatic carbocycles. The minimum absolute atomic E-state index is 0.00612. The van der Waals surface area contributed by atoms with Crippen molar-refractivity contribution in [3.63, 3.8) is 0 Å². The van der Waals surface area contributed by atoms with Gasteiger partial charge in [0.15, 0.2) is 0 Å². The predicted octanol–water partition coefficient (Wildman–Crippen LogP) is 2.16. The molecule has 0 atom stereocenters. The highest BCUT2D eigenvalue weighted by Gasteiger charge is 2.24. The highest BCUT2D eigenvalue weighted by molar-refractivity contribution is 5.98. The number of rotatable bonds is 3. The van der Waals surface area contributed by atoms with Crippen molar-refractivity contribution in [3.8, 4) is 0 Å². The Kier molecular flexibility index (Phi) is 3.71. The third-order valence-corrected chi connectivity index (χ3v) is 4.42. The second-order valence-corrected chi connectivity index (χ2v) is 5.67. The van der Waals surface area contributed by atoms with E-state index in [1.165, 1.54) is 11.6 Å². The first kappa shape index (κ1) is 14.4. The first-order chi connectivity index (χ1) is 10.6.